The molecule has 0 saturated heterocycles. The zero-order valence-corrected chi connectivity index (χ0v) is 10.2. The van der Waals surface area contributed by atoms with E-state index in [-0.39, 0.29) is 0 Å². The molecule has 0 bridgehead atoms. The maximum atomic E-state index is 5.80. The molecular formula is C10H14ClN3S. The summed E-state index contributed by atoms with van der Waals surface area (Å²) in [5.74, 6) is 0.697. The molecule has 0 unspecified atom stereocenters. The van der Waals surface area contributed by atoms with E-state index in [0.29, 0.717) is 21.4 Å². The van der Waals surface area contributed by atoms with E-state index in [2.05, 4.69) is 16.6 Å². The van der Waals surface area contributed by atoms with Crippen LogP contribution < -0.4 is 11.1 Å². The standard InChI is InChI=1S/C10H14ClN3S/c1-15-10(4-5-10)6-13-9-7(12)2-3-8(11)14-9/h2-3H,4-6,12H2,1H3,(H,13,14). The lowest BCUT2D eigenvalue weighted by Gasteiger charge is -2.14. The molecule has 0 radical (unpaired) electrons. The summed E-state index contributed by atoms with van der Waals surface area (Å²) in [5.41, 5.74) is 6.44. The van der Waals surface area contributed by atoms with Crippen LogP contribution in [0, 0.1) is 0 Å². The van der Waals surface area contributed by atoms with E-state index < -0.39 is 0 Å². The second-order valence-corrected chi connectivity index (χ2v) is 5.47. The Hall–Kier alpha value is -0.610. The predicted molar refractivity (Wildman–Crippen MR) is 67.6 cm³/mol. The summed E-state index contributed by atoms with van der Waals surface area (Å²) in [6, 6.07) is 3.47. The second kappa shape index (κ2) is 4.10. The van der Waals surface area contributed by atoms with Crippen LogP contribution in [0.15, 0.2) is 12.1 Å². The highest BCUT2D eigenvalue weighted by Crippen LogP contribution is 2.47. The smallest absolute Gasteiger partial charge is 0.151 e. The number of thioether (sulfide) groups is 1. The summed E-state index contributed by atoms with van der Waals surface area (Å²) in [6.07, 6.45) is 4.67. The first-order valence-electron chi connectivity index (χ1n) is 4.86. The number of nitrogens with one attached hydrogen (secondary N) is 1. The molecule has 3 nitrogen and oxygen atoms in total. The molecule has 82 valence electrons. The van der Waals surface area contributed by atoms with Crippen molar-refractivity contribution in [3.8, 4) is 0 Å². The molecule has 1 heterocycles. The van der Waals surface area contributed by atoms with E-state index in [1.54, 1.807) is 12.1 Å². The van der Waals surface area contributed by atoms with Gasteiger partial charge in [0.2, 0.25) is 0 Å². The van der Waals surface area contributed by atoms with Gasteiger partial charge in [-0.15, -0.1) is 0 Å². The third kappa shape index (κ3) is 2.49. The number of hydrogen-bond acceptors (Lipinski definition) is 4. The van der Waals surface area contributed by atoms with Gasteiger partial charge in [0.1, 0.15) is 5.15 Å². The Morgan fingerprint density at radius 1 is 1.60 bits per heavy atom. The van der Waals surface area contributed by atoms with Crippen LogP contribution in [0.5, 0.6) is 0 Å². The fourth-order valence-corrected chi connectivity index (χ4v) is 2.30. The molecule has 1 aliphatic carbocycles. The molecule has 1 aliphatic rings. The van der Waals surface area contributed by atoms with Crippen molar-refractivity contribution in [2.24, 2.45) is 0 Å². The van der Waals surface area contributed by atoms with Crippen molar-refractivity contribution < 1.29 is 0 Å². The largest absolute Gasteiger partial charge is 0.396 e. The number of pyridine rings is 1. The van der Waals surface area contributed by atoms with E-state index >= 15 is 0 Å². The molecular weight excluding hydrogens is 230 g/mol. The maximum Gasteiger partial charge on any atom is 0.151 e. The van der Waals surface area contributed by atoms with E-state index in [9.17, 15) is 0 Å². The summed E-state index contributed by atoms with van der Waals surface area (Å²) < 4.78 is 0.399. The van der Waals surface area contributed by atoms with Crippen molar-refractivity contribution >= 4 is 34.9 Å². The molecule has 1 fully saturated rings. The van der Waals surface area contributed by atoms with Gasteiger partial charge in [-0.25, -0.2) is 4.98 Å². The average Bonchev–Trinajstić information content (AvgIpc) is 3.00. The predicted octanol–water partition coefficient (Wildman–Crippen LogP) is 2.62. The van der Waals surface area contributed by atoms with Gasteiger partial charge in [-0.05, 0) is 31.2 Å². The second-order valence-electron chi connectivity index (χ2n) is 3.81. The number of nitrogens with two attached hydrogens (primary N) is 1. The van der Waals surface area contributed by atoms with Crippen LogP contribution in [0.1, 0.15) is 12.8 Å². The molecule has 15 heavy (non-hydrogen) atoms. The number of anilines is 2. The van der Waals surface area contributed by atoms with Gasteiger partial charge in [0, 0.05) is 11.3 Å². The molecule has 1 aromatic heterocycles. The first-order valence-corrected chi connectivity index (χ1v) is 6.46. The zero-order chi connectivity index (χ0) is 10.9. The van der Waals surface area contributed by atoms with Crippen molar-refractivity contribution in [3.05, 3.63) is 17.3 Å². The van der Waals surface area contributed by atoms with Gasteiger partial charge in [-0.2, -0.15) is 11.8 Å². The van der Waals surface area contributed by atoms with Gasteiger partial charge in [-0.1, -0.05) is 11.6 Å². The van der Waals surface area contributed by atoms with Crippen molar-refractivity contribution in [3.63, 3.8) is 0 Å². The molecule has 3 N–H and O–H groups in total. The first kappa shape index (κ1) is 10.9. The van der Waals surface area contributed by atoms with Crippen molar-refractivity contribution in [2.75, 3.05) is 23.9 Å². The number of hydrogen-bond donors (Lipinski definition) is 2. The molecule has 1 saturated carbocycles. The highest BCUT2D eigenvalue weighted by Gasteiger charge is 2.41. The molecule has 5 heteroatoms. The average molecular weight is 244 g/mol. The van der Waals surface area contributed by atoms with Crippen LogP contribution in [0.4, 0.5) is 11.5 Å². The third-order valence-corrected chi connectivity index (χ3v) is 4.34. The summed E-state index contributed by atoms with van der Waals surface area (Å²) in [6.45, 7) is 0.908. The Kier molecular flexibility index (Phi) is 2.98. The zero-order valence-electron chi connectivity index (χ0n) is 8.59. The summed E-state index contributed by atoms with van der Waals surface area (Å²) >= 11 is 7.71. The SMILES string of the molecule is CSC1(CNc2nc(Cl)ccc2N)CC1. The summed E-state index contributed by atoms with van der Waals surface area (Å²) in [7, 11) is 0. The van der Waals surface area contributed by atoms with Crippen molar-refractivity contribution in [1.82, 2.24) is 4.98 Å². The molecule has 0 amide bonds. The van der Waals surface area contributed by atoms with Gasteiger partial charge in [0.25, 0.3) is 0 Å². The topological polar surface area (TPSA) is 50.9 Å². The number of nitrogens with zero attached hydrogens (tertiary/aromatic N) is 1. The first-order chi connectivity index (χ1) is 7.15. The summed E-state index contributed by atoms with van der Waals surface area (Å²) in [5, 5.41) is 3.74. The van der Waals surface area contributed by atoms with Crippen LogP contribution in [-0.2, 0) is 0 Å². The van der Waals surface area contributed by atoms with Crippen LogP contribution in [0.25, 0.3) is 0 Å². The van der Waals surface area contributed by atoms with Gasteiger partial charge in [0.15, 0.2) is 5.82 Å². The number of rotatable bonds is 4. The van der Waals surface area contributed by atoms with Crippen molar-refractivity contribution in [1.29, 1.82) is 0 Å². The quantitative estimate of drug-likeness (QED) is 0.799. The number of aromatic nitrogens is 1. The molecule has 0 spiro atoms. The summed E-state index contributed by atoms with van der Waals surface area (Å²) in [4.78, 5) is 4.16. The lowest BCUT2D eigenvalue weighted by molar-refractivity contribution is 0.941. The van der Waals surface area contributed by atoms with E-state index in [4.69, 9.17) is 17.3 Å². The van der Waals surface area contributed by atoms with Gasteiger partial charge in [0.05, 0.1) is 5.69 Å². The molecule has 0 aliphatic heterocycles. The van der Waals surface area contributed by atoms with Crippen molar-refractivity contribution in [2.45, 2.75) is 17.6 Å². The monoisotopic (exact) mass is 243 g/mol. The normalized spacial score (nSPS) is 17.5. The third-order valence-electron chi connectivity index (χ3n) is 2.71. The van der Waals surface area contributed by atoms with Crippen LogP contribution in [-0.4, -0.2) is 22.5 Å². The molecule has 0 atom stereocenters. The van der Waals surface area contributed by atoms with E-state index in [1.807, 2.05) is 11.8 Å². The fraction of sp³-hybridized carbons (Fsp3) is 0.500. The molecule has 1 aromatic rings. The Balaban J connectivity index is 2.01. The minimum absolute atomic E-state index is 0.399. The Morgan fingerprint density at radius 2 is 2.33 bits per heavy atom. The maximum absolute atomic E-state index is 5.80. The minimum Gasteiger partial charge on any atom is -0.396 e. The van der Waals surface area contributed by atoms with E-state index in [1.165, 1.54) is 12.8 Å². The highest BCUT2D eigenvalue weighted by molar-refractivity contribution is 8.00. The number of halogens is 1. The van der Waals surface area contributed by atoms with E-state index in [0.717, 1.165) is 6.54 Å². The minimum atomic E-state index is 0.399. The van der Waals surface area contributed by atoms with Crippen LogP contribution in [0.2, 0.25) is 5.15 Å². The van der Waals surface area contributed by atoms with Gasteiger partial charge >= 0.3 is 0 Å². The van der Waals surface area contributed by atoms with Crippen LogP contribution in [0.3, 0.4) is 0 Å². The van der Waals surface area contributed by atoms with Gasteiger partial charge in [-0.3, -0.25) is 0 Å². The molecule has 2 rings (SSSR count). The number of nitrogen functional groups attached to an aromatic ring is 1. The fourth-order valence-electron chi connectivity index (χ4n) is 1.42. The Morgan fingerprint density at radius 3 is 2.93 bits per heavy atom. The van der Waals surface area contributed by atoms with Crippen LogP contribution >= 0.6 is 23.4 Å². The Bertz CT molecular complexity index is 366. The lowest BCUT2D eigenvalue weighted by Crippen LogP contribution is -2.18. The highest BCUT2D eigenvalue weighted by atomic mass is 35.5. The molecule has 0 aromatic carbocycles. The lowest BCUT2D eigenvalue weighted by atomic mass is 10.3. The van der Waals surface area contributed by atoms with Gasteiger partial charge < -0.3 is 11.1 Å². The Labute approximate surface area is 98.8 Å².